The van der Waals surface area contributed by atoms with E-state index in [1.807, 2.05) is 194 Å². The molecule has 0 saturated carbocycles. The minimum absolute atomic E-state index is 0.508. The maximum Gasteiger partial charge on any atom is 0.180 e. The van der Waals surface area contributed by atoms with E-state index in [-0.39, 0.29) is 0 Å². The number of fused-ring (bicyclic) bond motifs is 12. The molecule has 23 aromatic rings. The Bertz CT molecular complexity index is 7850. The van der Waals surface area contributed by atoms with Crippen LogP contribution in [-0.4, -0.2) is 49.8 Å². The number of rotatable bonds is 14. The molecule has 8 aromatic heterocycles. The molecular formula is C104H60N10O4. The van der Waals surface area contributed by atoms with Gasteiger partial charge in [0.2, 0.25) is 0 Å². The summed E-state index contributed by atoms with van der Waals surface area (Å²) in [6.07, 6.45) is 0. The molecule has 23 rings (SSSR count). The largest absolute Gasteiger partial charge is 0.456 e. The van der Waals surface area contributed by atoms with Crippen molar-refractivity contribution in [2.75, 3.05) is 0 Å². The van der Waals surface area contributed by atoms with Gasteiger partial charge in [-0.15, -0.1) is 0 Å². The van der Waals surface area contributed by atoms with Gasteiger partial charge in [0.1, 0.15) is 55.9 Å². The zero-order valence-electron chi connectivity index (χ0n) is 62.7. The molecule has 0 saturated heterocycles. The molecule has 550 valence electrons. The monoisotopic (exact) mass is 1510 g/mol. The maximum atomic E-state index is 7.18. The Morgan fingerprint density at radius 3 is 0.983 bits per heavy atom. The first-order valence-corrected chi connectivity index (χ1v) is 39.0. The molecule has 0 fully saturated rings. The van der Waals surface area contributed by atoms with Crippen LogP contribution in [0.3, 0.4) is 0 Å². The van der Waals surface area contributed by atoms with Gasteiger partial charge < -0.3 is 17.7 Å². The molecule has 0 aliphatic rings. The number of nitrogens with zero attached hydrogens (tertiary/aromatic N) is 10. The van der Waals surface area contributed by atoms with Crippen LogP contribution >= 0.6 is 0 Å². The lowest BCUT2D eigenvalue weighted by Crippen LogP contribution is -2.00. The predicted octanol–water partition coefficient (Wildman–Crippen LogP) is 26.6. The molecular weight excluding hydrogens is 1450 g/mol. The van der Waals surface area contributed by atoms with Gasteiger partial charge in [-0.1, -0.05) is 285 Å². The van der Waals surface area contributed by atoms with Crippen molar-refractivity contribution in [3.63, 3.8) is 0 Å². The molecule has 0 aliphatic carbocycles. The number of hydrogen-bond donors (Lipinski definition) is 0. The highest BCUT2D eigenvalue weighted by atomic mass is 16.3. The fourth-order valence-electron chi connectivity index (χ4n) is 16.3. The van der Waals surface area contributed by atoms with Gasteiger partial charge >= 0.3 is 0 Å². The van der Waals surface area contributed by atoms with Gasteiger partial charge in [-0.2, -0.15) is 0 Å². The summed E-state index contributed by atoms with van der Waals surface area (Å²) in [7, 11) is 0. The fraction of sp³-hybridized carbons (Fsp3) is 0. The van der Waals surface area contributed by atoms with E-state index in [4.69, 9.17) is 67.5 Å². The number of benzene rings is 15. The second kappa shape index (κ2) is 27.8. The Kier molecular flexibility index (Phi) is 15.9. The van der Waals surface area contributed by atoms with Crippen molar-refractivity contribution >= 4 is 88.0 Å². The first-order valence-electron chi connectivity index (χ1n) is 39.0. The smallest absolute Gasteiger partial charge is 0.180 e. The molecule has 8 heterocycles. The summed E-state index contributed by atoms with van der Waals surface area (Å²) in [6, 6.07) is 123. The summed E-state index contributed by atoms with van der Waals surface area (Å²) >= 11 is 0. The lowest BCUT2D eigenvalue weighted by Gasteiger charge is -2.12. The van der Waals surface area contributed by atoms with Crippen molar-refractivity contribution in [2.45, 2.75) is 0 Å². The van der Waals surface area contributed by atoms with Crippen molar-refractivity contribution in [1.82, 2.24) is 49.8 Å². The third-order valence-corrected chi connectivity index (χ3v) is 22.1. The second-order valence-corrected chi connectivity index (χ2v) is 29.3. The van der Waals surface area contributed by atoms with E-state index >= 15 is 0 Å². The van der Waals surface area contributed by atoms with Gasteiger partial charge in [0.15, 0.2) is 57.8 Å². The van der Waals surface area contributed by atoms with Gasteiger partial charge in [0.05, 0.1) is 0 Å². The number of hydrogen-bond acceptors (Lipinski definition) is 14. The highest BCUT2D eigenvalue weighted by molar-refractivity contribution is 6.17. The summed E-state index contributed by atoms with van der Waals surface area (Å²) in [6.45, 7) is 0. The lowest BCUT2D eigenvalue weighted by atomic mass is 9.95. The molecule has 0 radical (unpaired) electrons. The molecule has 0 N–H and O–H groups in total. The van der Waals surface area contributed by atoms with E-state index in [1.54, 1.807) is 0 Å². The van der Waals surface area contributed by atoms with Crippen molar-refractivity contribution in [2.24, 2.45) is 0 Å². The normalized spacial score (nSPS) is 11.7. The summed E-state index contributed by atoms with van der Waals surface area (Å²) < 4.78 is 26.7. The summed E-state index contributed by atoms with van der Waals surface area (Å²) in [5.41, 5.74) is 25.1. The SMILES string of the molecule is c1ccc(-c2nc(-c3cccc(-c4ccc(-c5ccc(-c6nc(-c7ccccc7)nc(-c7ccccc7)n6)c6c5oc5ccc(-c7cccc(-c8nc(-c9ccccc9)c9oc%10ccccc%10c9n8)c7)cc56)cc4)c3)nc(-c3cccc4oc5ccc(-c6ccc(-c7nc(-c8ccccc8)c8oc9ccccc9c8n7)cc6)cc5c34)n2)cc1. The molecule has 0 aliphatic heterocycles. The van der Waals surface area contributed by atoms with Gasteiger partial charge in [-0.05, 0) is 118 Å². The Morgan fingerprint density at radius 2 is 0.466 bits per heavy atom. The Labute approximate surface area is 673 Å². The Morgan fingerprint density at radius 1 is 0.153 bits per heavy atom. The zero-order chi connectivity index (χ0) is 77.7. The third-order valence-electron chi connectivity index (χ3n) is 22.1. The van der Waals surface area contributed by atoms with Crippen LogP contribution < -0.4 is 0 Å². The average molecular weight is 1510 g/mol. The molecule has 14 heteroatoms. The first kappa shape index (κ1) is 67.4. The number of furan rings is 4. The van der Waals surface area contributed by atoms with E-state index in [1.165, 1.54) is 0 Å². The van der Waals surface area contributed by atoms with Crippen LogP contribution in [0.4, 0.5) is 0 Å². The molecule has 0 unspecified atom stereocenters. The van der Waals surface area contributed by atoms with Gasteiger partial charge in [-0.3, -0.25) is 0 Å². The van der Waals surface area contributed by atoms with Gasteiger partial charge in [-0.25, -0.2) is 49.8 Å². The highest BCUT2D eigenvalue weighted by Gasteiger charge is 2.26. The van der Waals surface area contributed by atoms with Gasteiger partial charge in [0, 0.05) is 93.5 Å². The quantitative estimate of drug-likeness (QED) is 0.100. The van der Waals surface area contributed by atoms with Crippen LogP contribution in [0.15, 0.2) is 382 Å². The third kappa shape index (κ3) is 11.8. The van der Waals surface area contributed by atoms with Crippen molar-refractivity contribution < 1.29 is 17.7 Å². The first-order chi connectivity index (χ1) is 58.4. The second-order valence-electron chi connectivity index (χ2n) is 29.3. The van der Waals surface area contributed by atoms with Crippen LogP contribution in [0.5, 0.6) is 0 Å². The van der Waals surface area contributed by atoms with E-state index in [2.05, 4.69) is 170 Å². The fourth-order valence-corrected chi connectivity index (χ4v) is 16.3. The van der Waals surface area contributed by atoms with Crippen LogP contribution in [-0.2, 0) is 0 Å². The molecule has 14 nitrogen and oxygen atoms in total. The van der Waals surface area contributed by atoms with E-state index in [9.17, 15) is 0 Å². The lowest BCUT2D eigenvalue weighted by molar-refractivity contribution is 0.667. The average Bonchev–Trinajstić information content (AvgIpc) is 1.58. The predicted molar refractivity (Wildman–Crippen MR) is 470 cm³/mol. The van der Waals surface area contributed by atoms with Crippen molar-refractivity contribution in [1.29, 1.82) is 0 Å². The highest BCUT2D eigenvalue weighted by Crippen LogP contribution is 2.46. The Balaban J connectivity index is 0.606. The molecule has 0 bridgehead atoms. The summed E-state index contributed by atoms with van der Waals surface area (Å²) in [5, 5.41) is 5.45. The van der Waals surface area contributed by atoms with E-state index < -0.39 is 0 Å². The molecule has 0 atom stereocenters. The Hall–Kier alpha value is -16.3. The maximum absolute atomic E-state index is 7.18. The van der Waals surface area contributed by atoms with Gasteiger partial charge in [0.25, 0.3) is 0 Å². The minimum atomic E-state index is 0.508. The molecule has 0 spiro atoms. The van der Waals surface area contributed by atoms with E-state index in [0.717, 1.165) is 172 Å². The van der Waals surface area contributed by atoms with Crippen molar-refractivity contribution in [3.05, 3.63) is 364 Å². The topological polar surface area (TPSA) is 181 Å². The van der Waals surface area contributed by atoms with Crippen LogP contribution in [0.2, 0.25) is 0 Å². The molecule has 0 amide bonds. The molecule has 118 heavy (non-hydrogen) atoms. The molecule has 15 aromatic carbocycles. The van der Waals surface area contributed by atoms with Crippen LogP contribution in [0, 0.1) is 0 Å². The number of aromatic nitrogens is 10. The minimum Gasteiger partial charge on any atom is -0.456 e. The number of para-hydroxylation sites is 2. The summed E-state index contributed by atoms with van der Waals surface area (Å²) in [4.78, 5) is 52.3. The zero-order valence-corrected chi connectivity index (χ0v) is 62.7. The summed E-state index contributed by atoms with van der Waals surface area (Å²) in [5.74, 6) is 4.39. The standard InChI is InChI=1S/C104H60N10O4/c1-6-23-64(24-7-1)90-95-92(77-37-16-18-40-83(77)117-95)107-97(105-90)69-49-45-62(46-50-69)72-51-55-85-81(59-72)88-79(39-22-42-87(88)115-85)103-111-100(68-31-14-5-15-32-68)110-102(114-103)75-36-20-33-70(57-75)61-43-47-63(48-44-61)76-53-54-80(104-112-98(66-27-10-3-11-28-66)109-99(113-104)67-29-12-4-13-30-67)89-82-60-73(52-56-86(82)116-94(76)89)71-34-21-35-74(58-71)101-106-91(65-25-8-2-9-26-65)96-93(108-101)78-38-17-19-41-84(78)118-96/h1-60H. The van der Waals surface area contributed by atoms with Crippen LogP contribution in [0.1, 0.15) is 0 Å². The van der Waals surface area contributed by atoms with Crippen LogP contribution in [0.25, 0.3) is 246 Å². The van der Waals surface area contributed by atoms with E-state index in [0.29, 0.717) is 74.5 Å². The van der Waals surface area contributed by atoms with Crippen molar-refractivity contribution in [3.8, 4) is 158 Å².